The monoisotopic (exact) mass is 368 g/mol. The normalized spacial score (nSPS) is 22.1. The minimum atomic E-state index is -0.111. The van der Waals surface area contributed by atoms with Crippen LogP contribution in [-0.2, 0) is 6.54 Å². The zero-order valence-corrected chi connectivity index (χ0v) is 16.1. The fraction of sp³-hybridized carbons (Fsp3) is 0.500. The van der Waals surface area contributed by atoms with E-state index >= 15 is 0 Å². The van der Waals surface area contributed by atoms with Crippen LogP contribution in [0.5, 0.6) is 0 Å². The molecule has 0 saturated carbocycles. The van der Waals surface area contributed by atoms with E-state index in [4.69, 9.17) is 0 Å². The molecule has 1 unspecified atom stereocenters. The molecular formula is C22H29FN4. The van der Waals surface area contributed by atoms with Crippen molar-refractivity contribution in [3.63, 3.8) is 0 Å². The van der Waals surface area contributed by atoms with Gasteiger partial charge in [-0.05, 0) is 50.6 Å². The first-order chi connectivity index (χ1) is 13.2. The van der Waals surface area contributed by atoms with E-state index in [2.05, 4.69) is 44.8 Å². The van der Waals surface area contributed by atoms with Gasteiger partial charge in [0.1, 0.15) is 5.82 Å². The summed E-state index contributed by atoms with van der Waals surface area (Å²) in [6, 6.07) is 14.0. The number of aryl methyl sites for hydroxylation is 1. The highest BCUT2D eigenvalue weighted by Crippen LogP contribution is 2.23. The van der Waals surface area contributed by atoms with E-state index in [9.17, 15) is 4.39 Å². The van der Waals surface area contributed by atoms with Crippen LogP contribution in [0.2, 0.25) is 0 Å². The molecule has 1 aromatic heterocycles. The van der Waals surface area contributed by atoms with Crippen LogP contribution in [0.3, 0.4) is 0 Å². The molecule has 2 aliphatic rings. The second-order valence-electron chi connectivity index (χ2n) is 7.78. The van der Waals surface area contributed by atoms with Gasteiger partial charge in [0.2, 0.25) is 0 Å². The molecule has 0 bridgehead atoms. The van der Waals surface area contributed by atoms with Crippen molar-refractivity contribution in [3.05, 3.63) is 59.7 Å². The molecule has 2 aliphatic heterocycles. The molecule has 2 aromatic rings. The lowest BCUT2D eigenvalue weighted by Gasteiger charge is -2.44. The maximum atomic E-state index is 14.0. The van der Waals surface area contributed by atoms with Gasteiger partial charge in [-0.2, -0.15) is 0 Å². The van der Waals surface area contributed by atoms with E-state index in [1.165, 1.54) is 18.5 Å². The van der Waals surface area contributed by atoms with E-state index < -0.39 is 0 Å². The van der Waals surface area contributed by atoms with Gasteiger partial charge < -0.3 is 4.90 Å². The Hall–Kier alpha value is -1.98. The molecular weight excluding hydrogens is 339 g/mol. The fourth-order valence-corrected chi connectivity index (χ4v) is 4.43. The molecule has 0 N–H and O–H groups in total. The average Bonchev–Trinajstić information content (AvgIpc) is 2.69. The Labute approximate surface area is 161 Å². The Morgan fingerprint density at radius 2 is 1.81 bits per heavy atom. The maximum absolute atomic E-state index is 14.0. The van der Waals surface area contributed by atoms with Crippen molar-refractivity contribution in [2.45, 2.75) is 32.4 Å². The molecule has 0 amide bonds. The molecule has 3 heterocycles. The SMILES string of the molecule is Cc1cccc(CN2CCCC(N3CCN(c4ccccc4F)CC3)C2)n1. The van der Waals surface area contributed by atoms with E-state index in [1.807, 2.05) is 12.1 Å². The molecule has 4 nitrogen and oxygen atoms in total. The number of halogens is 1. The van der Waals surface area contributed by atoms with Crippen molar-refractivity contribution in [2.24, 2.45) is 0 Å². The number of likely N-dealkylation sites (tertiary alicyclic amines) is 1. The summed E-state index contributed by atoms with van der Waals surface area (Å²) in [4.78, 5) is 12.0. The standard InChI is InChI=1S/C22H29FN4/c1-18-6-4-7-19(24-18)16-25-11-5-8-20(17-25)26-12-14-27(15-13-26)22-10-3-2-9-21(22)23/h2-4,6-7,9-10,20H,5,8,11-17H2,1H3. The number of piperazine rings is 1. The van der Waals surface area contributed by atoms with E-state index in [-0.39, 0.29) is 5.82 Å². The minimum Gasteiger partial charge on any atom is -0.367 e. The number of nitrogens with zero attached hydrogens (tertiary/aromatic N) is 4. The van der Waals surface area contributed by atoms with Gasteiger partial charge in [0.05, 0.1) is 11.4 Å². The fourth-order valence-electron chi connectivity index (χ4n) is 4.43. The molecule has 5 heteroatoms. The van der Waals surface area contributed by atoms with Crippen molar-refractivity contribution in [1.29, 1.82) is 0 Å². The highest BCUT2D eigenvalue weighted by atomic mass is 19.1. The van der Waals surface area contributed by atoms with Crippen molar-refractivity contribution < 1.29 is 4.39 Å². The van der Waals surface area contributed by atoms with Crippen molar-refractivity contribution in [1.82, 2.24) is 14.8 Å². The molecule has 2 fully saturated rings. The smallest absolute Gasteiger partial charge is 0.146 e. The number of hydrogen-bond acceptors (Lipinski definition) is 4. The molecule has 0 aliphatic carbocycles. The van der Waals surface area contributed by atoms with Crippen LogP contribution >= 0.6 is 0 Å². The summed E-state index contributed by atoms with van der Waals surface area (Å²) in [6.07, 6.45) is 2.50. The Kier molecular flexibility index (Phi) is 5.69. The van der Waals surface area contributed by atoms with Crippen LogP contribution < -0.4 is 4.90 Å². The molecule has 4 rings (SSSR count). The van der Waals surface area contributed by atoms with Gasteiger partial charge in [-0.3, -0.25) is 14.8 Å². The van der Waals surface area contributed by atoms with Gasteiger partial charge >= 0.3 is 0 Å². The van der Waals surface area contributed by atoms with Gasteiger partial charge in [0.15, 0.2) is 0 Å². The number of rotatable bonds is 4. The van der Waals surface area contributed by atoms with Gasteiger partial charge in [0.25, 0.3) is 0 Å². The lowest BCUT2D eigenvalue weighted by Crippen LogP contribution is -2.55. The van der Waals surface area contributed by atoms with Gasteiger partial charge in [0, 0.05) is 51.0 Å². The van der Waals surface area contributed by atoms with E-state index in [0.29, 0.717) is 6.04 Å². The quantitative estimate of drug-likeness (QED) is 0.826. The number of aromatic nitrogens is 1. The number of hydrogen-bond donors (Lipinski definition) is 0. The predicted molar refractivity (Wildman–Crippen MR) is 107 cm³/mol. The molecule has 27 heavy (non-hydrogen) atoms. The van der Waals surface area contributed by atoms with Crippen LogP contribution in [0.4, 0.5) is 10.1 Å². The summed E-state index contributed by atoms with van der Waals surface area (Å²) < 4.78 is 14.0. The van der Waals surface area contributed by atoms with Crippen molar-refractivity contribution >= 4 is 5.69 Å². The summed E-state index contributed by atoms with van der Waals surface area (Å²) in [5.74, 6) is -0.111. The summed E-state index contributed by atoms with van der Waals surface area (Å²) >= 11 is 0. The lowest BCUT2D eigenvalue weighted by atomic mass is 10.0. The second kappa shape index (κ2) is 8.36. The first kappa shape index (κ1) is 18.4. The average molecular weight is 369 g/mol. The Balaban J connectivity index is 1.32. The Morgan fingerprint density at radius 1 is 1.00 bits per heavy atom. The number of pyridine rings is 1. The highest BCUT2D eigenvalue weighted by molar-refractivity contribution is 5.48. The van der Waals surface area contributed by atoms with Crippen molar-refractivity contribution in [2.75, 3.05) is 44.2 Å². The number of benzene rings is 1. The van der Waals surface area contributed by atoms with Crippen LogP contribution in [0.15, 0.2) is 42.5 Å². The molecule has 1 atom stereocenters. The Bertz CT molecular complexity index is 757. The minimum absolute atomic E-state index is 0.111. The largest absolute Gasteiger partial charge is 0.367 e. The topological polar surface area (TPSA) is 22.6 Å². The lowest BCUT2D eigenvalue weighted by molar-refractivity contribution is 0.0880. The van der Waals surface area contributed by atoms with Crippen molar-refractivity contribution in [3.8, 4) is 0 Å². The highest BCUT2D eigenvalue weighted by Gasteiger charge is 2.28. The van der Waals surface area contributed by atoms with Gasteiger partial charge in [-0.15, -0.1) is 0 Å². The molecule has 1 aromatic carbocycles. The van der Waals surface area contributed by atoms with Crippen LogP contribution in [0.1, 0.15) is 24.2 Å². The molecule has 144 valence electrons. The number of anilines is 1. The third-order valence-corrected chi connectivity index (χ3v) is 5.84. The van der Waals surface area contributed by atoms with E-state index in [0.717, 1.165) is 57.2 Å². The van der Waals surface area contributed by atoms with E-state index in [1.54, 1.807) is 12.1 Å². The molecule has 0 spiro atoms. The summed E-state index contributed by atoms with van der Waals surface area (Å²) in [5.41, 5.74) is 3.00. The third kappa shape index (κ3) is 4.47. The third-order valence-electron chi connectivity index (χ3n) is 5.84. The summed E-state index contributed by atoms with van der Waals surface area (Å²) in [7, 11) is 0. The summed E-state index contributed by atoms with van der Waals surface area (Å²) in [5, 5.41) is 0. The zero-order valence-electron chi connectivity index (χ0n) is 16.1. The Morgan fingerprint density at radius 3 is 2.59 bits per heavy atom. The zero-order chi connectivity index (χ0) is 18.6. The number of para-hydroxylation sites is 1. The van der Waals surface area contributed by atoms with Crippen LogP contribution in [0, 0.1) is 12.7 Å². The second-order valence-corrected chi connectivity index (χ2v) is 7.78. The van der Waals surface area contributed by atoms with Gasteiger partial charge in [-0.1, -0.05) is 18.2 Å². The predicted octanol–water partition coefficient (Wildman–Crippen LogP) is 3.32. The maximum Gasteiger partial charge on any atom is 0.146 e. The molecule has 0 radical (unpaired) electrons. The van der Waals surface area contributed by atoms with Gasteiger partial charge in [-0.25, -0.2) is 4.39 Å². The first-order valence-electron chi connectivity index (χ1n) is 10.1. The van der Waals surface area contributed by atoms with Crippen LogP contribution in [0.25, 0.3) is 0 Å². The van der Waals surface area contributed by atoms with Crippen LogP contribution in [-0.4, -0.2) is 60.1 Å². The number of piperidine rings is 1. The molecule has 2 saturated heterocycles. The summed E-state index contributed by atoms with van der Waals surface area (Å²) in [6.45, 7) is 9.07. The first-order valence-corrected chi connectivity index (χ1v) is 10.1.